The van der Waals surface area contributed by atoms with E-state index in [1.54, 1.807) is 37.6 Å². The van der Waals surface area contributed by atoms with Crippen LogP contribution >= 0.6 is 0 Å². The van der Waals surface area contributed by atoms with Gasteiger partial charge >= 0.3 is 0 Å². The fourth-order valence-corrected chi connectivity index (χ4v) is 2.27. The molecular weight excluding hydrogens is 316 g/mol. The lowest BCUT2D eigenvalue weighted by Gasteiger charge is -2.08. The molecule has 0 N–H and O–H groups in total. The van der Waals surface area contributed by atoms with Gasteiger partial charge in [-0.05, 0) is 32.4 Å². The van der Waals surface area contributed by atoms with E-state index in [9.17, 15) is 4.79 Å². The summed E-state index contributed by atoms with van der Waals surface area (Å²) in [6.45, 7) is 5.58. The van der Waals surface area contributed by atoms with E-state index in [0.717, 1.165) is 5.56 Å². The van der Waals surface area contributed by atoms with Gasteiger partial charge in [0, 0.05) is 29.7 Å². The molecule has 0 saturated heterocycles. The van der Waals surface area contributed by atoms with E-state index in [1.807, 2.05) is 26.0 Å². The molecule has 0 fully saturated rings. The lowest BCUT2D eigenvalue weighted by Crippen LogP contribution is -2.08. The summed E-state index contributed by atoms with van der Waals surface area (Å²) in [7, 11) is 0. The molecule has 0 aromatic carbocycles. The predicted molar refractivity (Wildman–Crippen MR) is 92.8 cm³/mol. The molecule has 0 bridgehead atoms. The van der Waals surface area contributed by atoms with E-state index in [1.165, 1.54) is 0 Å². The number of carbonyl (C=O) groups is 1. The summed E-state index contributed by atoms with van der Waals surface area (Å²) < 4.78 is 5.74. The van der Waals surface area contributed by atoms with Crippen molar-refractivity contribution in [1.29, 1.82) is 0 Å². The maximum atomic E-state index is 12.5. The van der Waals surface area contributed by atoms with Crippen molar-refractivity contribution in [2.45, 2.75) is 27.2 Å². The molecule has 0 unspecified atom stereocenters. The molecule has 0 saturated carbocycles. The van der Waals surface area contributed by atoms with Gasteiger partial charge in [-0.3, -0.25) is 9.78 Å². The smallest absolute Gasteiger partial charge is 0.187 e. The Balaban J connectivity index is 1.79. The van der Waals surface area contributed by atoms with E-state index in [4.69, 9.17) is 4.74 Å². The highest BCUT2D eigenvalue weighted by Gasteiger charge is 2.12. The molecule has 6 nitrogen and oxygen atoms in total. The summed E-state index contributed by atoms with van der Waals surface area (Å²) >= 11 is 0. The highest BCUT2D eigenvalue weighted by atomic mass is 16.5. The standard InChI is InChI=1S/C19H18N4O2/c1-12-4-5-15(22-9-12)7-19(24)18-8-16(6-13(2)23-18)25-17-10-20-14(3)21-11-17/h4-6,8-11H,7H2,1-3H3. The number of aromatic nitrogens is 4. The Hall–Kier alpha value is -3.15. The van der Waals surface area contributed by atoms with Crippen LogP contribution < -0.4 is 4.74 Å². The molecule has 0 aliphatic heterocycles. The van der Waals surface area contributed by atoms with Crippen LogP contribution in [0.15, 0.2) is 42.9 Å². The Labute approximate surface area is 146 Å². The zero-order valence-electron chi connectivity index (χ0n) is 14.4. The van der Waals surface area contributed by atoms with Gasteiger partial charge in [0.05, 0.1) is 18.8 Å². The second-order valence-corrected chi connectivity index (χ2v) is 5.82. The topological polar surface area (TPSA) is 77.9 Å². The van der Waals surface area contributed by atoms with Gasteiger partial charge in [0.15, 0.2) is 11.5 Å². The van der Waals surface area contributed by atoms with E-state index >= 15 is 0 Å². The minimum atomic E-state index is -0.106. The monoisotopic (exact) mass is 334 g/mol. The van der Waals surface area contributed by atoms with Crippen molar-refractivity contribution in [3.8, 4) is 11.5 Å². The van der Waals surface area contributed by atoms with Gasteiger partial charge in [0.1, 0.15) is 17.3 Å². The summed E-state index contributed by atoms with van der Waals surface area (Å²) in [6.07, 6.45) is 5.13. The van der Waals surface area contributed by atoms with Crippen LogP contribution in [0.4, 0.5) is 0 Å². The van der Waals surface area contributed by atoms with Gasteiger partial charge < -0.3 is 4.74 Å². The number of nitrogens with zero attached hydrogens (tertiary/aromatic N) is 4. The Morgan fingerprint density at radius 3 is 2.40 bits per heavy atom. The summed E-state index contributed by atoms with van der Waals surface area (Å²) in [5.74, 6) is 1.60. The Kier molecular flexibility index (Phi) is 4.79. The van der Waals surface area contributed by atoms with Crippen molar-refractivity contribution < 1.29 is 9.53 Å². The van der Waals surface area contributed by atoms with Crippen LogP contribution in [-0.4, -0.2) is 25.7 Å². The van der Waals surface area contributed by atoms with Crippen LogP contribution in [0.3, 0.4) is 0 Å². The van der Waals surface area contributed by atoms with Crippen LogP contribution in [0.25, 0.3) is 0 Å². The number of aryl methyl sites for hydroxylation is 3. The second-order valence-electron chi connectivity index (χ2n) is 5.82. The van der Waals surface area contributed by atoms with Crippen LogP contribution in [0.1, 0.15) is 33.3 Å². The Morgan fingerprint density at radius 2 is 1.72 bits per heavy atom. The predicted octanol–water partition coefficient (Wildman–Crippen LogP) is 3.41. The highest BCUT2D eigenvalue weighted by Crippen LogP contribution is 2.22. The van der Waals surface area contributed by atoms with Crippen LogP contribution in [0.2, 0.25) is 0 Å². The molecule has 3 aromatic rings. The number of hydrogen-bond donors (Lipinski definition) is 0. The van der Waals surface area contributed by atoms with Crippen molar-refractivity contribution in [3.63, 3.8) is 0 Å². The van der Waals surface area contributed by atoms with Gasteiger partial charge in [-0.1, -0.05) is 6.07 Å². The molecule has 0 aliphatic rings. The zero-order valence-corrected chi connectivity index (χ0v) is 14.4. The summed E-state index contributed by atoms with van der Waals surface area (Å²) in [4.78, 5) is 29.3. The van der Waals surface area contributed by atoms with Crippen molar-refractivity contribution in [3.05, 3.63) is 71.3 Å². The third-order valence-electron chi connectivity index (χ3n) is 3.52. The quantitative estimate of drug-likeness (QED) is 0.665. The average molecular weight is 334 g/mol. The second kappa shape index (κ2) is 7.17. The van der Waals surface area contributed by atoms with Crippen LogP contribution in [0.5, 0.6) is 11.5 Å². The molecule has 126 valence electrons. The molecule has 3 heterocycles. The van der Waals surface area contributed by atoms with Crippen LogP contribution in [-0.2, 0) is 6.42 Å². The molecule has 3 rings (SSSR count). The number of rotatable bonds is 5. The van der Waals surface area contributed by atoms with Gasteiger partial charge in [-0.15, -0.1) is 0 Å². The lowest BCUT2D eigenvalue weighted by atomic mass is 10.1. The number of carbonyl (C=O) groups excluding carboxylic acids is 1. The minimum Gasteiger partial charge on any atom is -0.454 e. The summed E-state index contributed by atoms with van der Waals surface area (Å²) in [5.41, 5.74) is 2.82. The molecule has 0 amide bonds. The van der Waals surface area contributed by atoms with Crippen molar-refractivity contribution in [2.75, 3.05) is 0 Å². The number of hydrogen-bond acceptors (Lipinski definition) is 6. The molecule has 0 radical (unpaired) electrons. The molecule has 0 aliphatic carbocycles. The third kappa shape index (κ3) is 4.44. The Bertz CT molecular complexity index is 890. The maximum Gasteiger partial charge on any atom is 0.187 e. The first-order valence-corrected chi connectivity index (χ1v) is 7.89. The molecule has 0 spiro atoms. The highest BCUT2D eigenvalue weighted by molar-refractivity contribution is 5.95. The van der Waals surface area contributed by atoms with Crippen molar-refractivity contribution in [1.82, 2.24) is 19.9 Å². The van der Waals surface area contributed by atoms with E-state index in [2.05, 4.69) is 19.9 Å². The molecule has 6 heteroatoms. The van der Waals surface area contributed by atoms with Crippen molar-refractivity contribution >= 4 is 5.78 Å². The fraction of sp³-hybridized carbons (Fsp3) is 0.211. The molecule has 3 aromatic heterocycles. The first-order valence-electron chi connectivity index (χ1n) is 7.89. The Morgan fingerprint density at radius 1 is 0.960 bits per heavy atom. The maximum absolute atomic E-state index is 12.5. The van der Waals surface area contributed by atoms with E-state index in [-0.39, 0.29) is 12.2 Å². The van der Waals surface area contributed by atoms with Crippen LogP contribution in [0, 0.1) is 20.8 Å². The molecule has 0 atom stereocenters. The summed E-state index contributed by atoms with van der Waals surface area (Å²) in [6, 6.07) is 7.18. The molecule has 25 heavy (non-hydrogen) atoms. The number of Topliss-reactive ketones (excluding diaryl/α,β-unsaturated/α-hetero) is 1. The lowest BCUT2D eigenvalue weighted by molar-refractivity contribution is 0.0986. The third-order valence-corrected chi connectivity index (χ3v) is 3.52. The normalized spacial score (nSPS) is 10.5. The first-order chi connectivity index (χ1) is 12.0. The van der Waals surface area contributed by atoms with E-state index in [0.29, 0.717) is 34.4 Å². The largest absolute Gasteiger partial charge is 0.454 e. The minimum absolute atomic E-state index is 0.106. The van der Waals surface area contributed by atoms with Gasteiger partial charge in [0.25, 0.3) is 0 Å². The van der Waals surface area contributed by atoms with Gasteiger partial charge in [0.2, 0.25) is 0 Å². The average Bonchev–Trinajstić information content (AvgIpc) is 2.58. The molecular formula is C19H18N4O2. The van der Waals surface area contributed by atoms with E-state index < -0.39 is 0 Å². The van der Waals surface area contributed by atoms with Gasteiger partial charge in [-0.2, -0.15) is 0 Å². The first kappa shape index (κ1) is 16.7. The zero-order chi connectivity index (χ0) is 17.8. The SMILES string of the molecule is Cc1ccc(CC(=O)c2cc(Oc3cnc(C)nc3)cc(C)n2)nc1. The number of ether oxygens (including phenoxy) is 1. The van der Waals surface area contributed by atoms with Crippen molar-refractivity contribution in [2.24, 2.45) is 0 Å². The summed E-state index contributed by atoms with van der Waals surface area (Å²) in [5, 5.41) is 0. The number of pyridine rings is 2. The van der Waals surface area contributed by atoms with Gasteiger partial charge in [-0.25, -0.2) is 15.0 Å². The number of ketones is 1. The fourth-order valence-electron chi connectivity index (χ4n) is 2.27.